The van der Waals surface area contributed by atoms with E-state index in [1.807, 2.05) is 30.3 Å². The summed E-state index contributed by atoms with van der Waals surface area (Å²) in [7, 11) is -0.629. The summed E-state index contributed by atoms with van der Waals surface area (Å²) in [5, 5.41) is 9.15. The molecule has 0 spiro atoms. The molecule has 100 valence electrons. The number of benzene rings is 1. The van der Waals surface area contributed by atoms with Crippen molar-refractivity contribution in [1.82, 2.24) is 0 Å². The van der Waals surface area contributed by atoms with Gasteiger partial charge >= 0.3 is 5.97 Å². The fourth-order valence-electron chi connectivity index (χ4n) is 1.86. The molecule has 0 saturated carbocycles. The van der Waals surface area contributed by atoms with Crippen LogP contribution < -0.4 is 0 Å². The molecule has 2 unspecified atom stereocenters. The van der Waals surface area contributed by atoms with E-state index in [-0.39, 0.29) is 6.10 Å². The highest BCUT2D eigenvalue weighted by Gasteiger charge is 2.25. The number of hydrogen-bond donors (Lipinski definition) is 1. The highest BCUT2D eigenvalue weighted by molar-refractivity contribution is 6.27. The lowest BCUT2D eigenvalue weighted by Gasteiger charge is -2.22. The summed E-state index contributed by atoms with van der Waals surface area (Å²) < 4.78 is 5.91. The van der Waals surface area contributed by atoms with Crippen molar-refractivity contribution in [1.29, 1.82) is 0 Å². The van der Waals surface area contributed by atoms with Gasteiger partial charge in [0, 0.05) is 0 Å². The molecule has 0 heterocycles. The van der Waals surface area contributed by atoms with Gasteiger partial charge in [-0.3, -0.25) is 4.79 Å². The number of rotatable bonds is 8. The van der Waals surface area contributed by atoms with E-state index in [0.29, 0.717) is 0 Å². The molecule has 0 aliphatic carbocycles. The van der Waals surface area contributed by atoms with E-state index < -0.39 is 21.7 Å². The Morgan fingerprint density at radius 3 is 2.61 bits per heavy atom. The van der Waals surface area contributed by atoms with Crippen molar-refractivity contribution in [3.63, 3.8) is 0 Å². The van der Waals surface area contributed by atoms with Crippen LogP contribution in [0.15, 0.2) is 30.3 Å². The molecule has 4 heteroatoms. The predicted molar refractivity (Wildman–Crippen MR) is 75.3 cm³/mol. The molecule has 18 heavy (non-hydrogen) atoms. The van der Waals surface area contributed by atoms with Crippen molar-refractivity contribution >= 4 is 15.7 Å². The van der Waals surface area contributed by atoms with Crippen LogP contribution in [0.1, 0.15) is 38.4 Å². The fourth-order valence-corrected chi connectivity index (χ4v) is 3.47. The van der Waals surface area contributed by atoms with Gasteiger partial charge in [-0.2, -0.15) is 0 Å². The molecule has 1 rings (SSSR count). The van der Waals surface area contributed by atoms with Crippen LogP contribution in [0.25, 0.3) is 0 Å². The average Bonchev–Trinajstić information content (AvgIpc) is 2.39. The molecule has 0 aliphatic rings. The summed E-state index contributed by atoms with van der Waals surface area (Å²) in [6.07, 6.45) is 2.04. The summed E-state index contributed by atoms with van der Waals surface area (Å²) in [6.45, 7) is 3.87. The minimum atomic E-state index is -0.798. The van der Waals surface area contributed by atoms with Gasteiger partial charge < -0.3 is 9.53 Å². The first kappa shape index (κ1) is 14.9. The third-order valence-electron chi connectivity index (χ3n) is 3.02. The van der Waals surface area contributed by atoms with Crippen LogP contribution in [0.3, 0.4) is 0 Å². The van der Waals surface area contributed by atoms with Crippen LogP contribution in [-0.2, 0) is 9.22 Å². The van der Waals surface area contributed by atoms with E-state index in [4.69, 9.17) is 9.53 Å². The first-order valence-corrected chi connectivity index (χ1v) is 8.14. The average molecular weight is 266 g/mol. The quantitative estimate of drug-likeness (QED) is 0.581. The van der Waals surface area contributed by atoms with Crippen LogP contribution in [0.4, 0.5) is 0 Å². The van der Waals surface area contributed by atoms with Gasteiger partial charge in [-0.1, -0.05) is 50.1 Å². The van der Waals surface area contributed by atoms with Gasteiger partial charge in [-0.15, -0.1) is 0 Å². The Morgan fingerprint density at radius 1 is 1.39 bits per heavy atom. The summed E-state index contributed by atoms with van der Waals surface area (Å²) in [5.74, 6) is -1.30. The van der Waals surface area contributed by atoms with Gasteiger partial charge in [0.2, 0.25) is 0 Å². The van der Waals surface area contributed by atoms with Gasteiger partial charge in [-0.25, -0.2) is 0 Å². The fraction of sp³-hybridized carbons (Fsp3) is 0.500. The summed E-state index contributed by atoms with van der Waals surface area (Å²) >= 11 is 0. The minimum Gasteiger partial charge on any atom is -0.481 e. The first-order chi connectivity index (χ1) is 8.66. The second-order valence-corrected chi connectivity index (χ2v) is 5.98. The number of carboxylic acid groups (broad SMARTS) is 1. The molecule has 0 bridgehead atoms. The Balaban J connectivity index is 2.67. The molecule has 0 amide bonds. The molecule has 0 fully saturated rings. The Hall–Kier alpha value is -1.13. The number of aliphatic carboxylic acids is 1. The van der Waals surface area contributed by atoms with Crippen LogP contribution in [0.5, 0.6) is 0 Å². The monoisotopic (exact) mass is 266 g/mol. The summed E-state index contributed by atoms with van der Waals surface area (Å²) in [6, 6.07) is 10.8. The number of unbranched alkanes of at least 4 members (excludes halogenated alkanes) is 1. The maximum Gasteiger partial charge on any atom is 0.309 e. The van der Waals surface area contributed by atoms with Crippen molar-refractivity contribution in [2.24, 2.45) is 5.92 Å². The lowest BCUT2D eigenvalue weighted by Crippen LogP contribution is -2.22. The third-order valence-corrected chi connectivity index (χ3v) is 4.40. The molecule has 0 aromatic heterocycles. The van der Waals surface area contributed by atoms with Crippen LogP contribution in [-0.4, -0.2) is 20.8 Å². The SMILES string of the molecule is CCCC[SiH2]OC(c1ccccc1)C(C)C(=O)O. The van der Waals surface area contributed by atoms with E-state index in [1.54, 1.807) is 6.92 Å². The highest BCUT2D eigenvalue weighted by atomic mass is 28.2. The second kappa shape index (κ2) is 8.05. The molecule has 0 saturated heterocycles. The minimum absolute atomic E-state index is 0.299. The van der Waals surface area contributed by atoms with Gasteiger partial charge in [0.15, 0.2) is 9.76 Å². The van der Waals surface area contributed by atoms with Crippen molar-refractivity contribution in [2.45, 2.75) is 38.8 Å². The molecule has 0 aliphatic heterocycles. The van der Waals surface area contributed by atoms with Crippen LogP contribution >= 0.6 is 0 Å². The van der Waals surface area contributed by atoms with E-state index in [1.165, 1.54) is 12.8 Å². The Morgan fingerprint density at radius 2 is 2.06 bits per heavy atom. The highest BCUT2D eigenvalue weighted by Crippen LogP contribution is 2.26. The third kappa shape index (κ3) is 4.62. The number of carbonyl (C=O) groups is 1. The first-order valence-electron chi connectivity index (χ1n) is 6.56. The lowest BCUT2D eigenvalue weighted by atomic mass is 9.98. The van der Waals surface area contributed by atoms with Gasteiger partial charge in [0.25, 0.3) is 0 Å². The maximum absolute atomic E-state index is 11.1. The summed E-state index contributed by atoms with van der Waals surface area (Å²) in [5.41, 5.74) is 0.969. The van der Waals surface area contributed by atoms with Gasteiger partial charge in [0.1, 0.15) is 0 Å². The molecule has 3 nitrogen and oxygen atoms in total. The standard InChI is InChI=1S/C14H22O3Si/c1-3-4-10-18-17-13(11(2)14(15)16)12-8-6-5-7-9-12/h5-9,11,13H,3-4,10,18H2,1-2H3,(H,15,16). The van der Waals surface area contributed by atoms with Crippen molar-refractivity contribution in [3.8, 4) is 0 Å². The van der Waals surface area contributed by atoms with E-state index in [2.05, 4.69) is 6.92 Å². The van der Waals surface area contributed by atoms with Crippen LogP contribution in [0, 0.1) is 5.92 Å². The maximum atomic E-state index is 11.1. The van der Waals surface area contributed by atoms with E-state index >= 15 is 0 Å². The Bertz CT molecular complexity index is 353. The second-order valence-electron chi connectivity index (χ2n) is 4.54. The lowest BCUT2D eigenvalue weighted by molar-refractivity contribution is -0.144. The smallest absolute Gasteiger partial charge is 0.309 e. The Labute approximate surface area is 111 Å². The zero-order valence-corrected chi connectivity index (χ0v) is 12.5. The zero-order chi connectivity index (χ0) is 13.4. The van der Waals surface area contributed by atoms with E-state index in [0.717, 1.165) is 11.6 Å². The van der Waals surface area contributed by atoms with Crippen LogP contribution in [0.2, 0.25) is 6.04 Å². The normalized spacial score (nSPS) is 14.8. The largest absolute Gasteiger partial charge is 0.481 e. The molecular formula is C14H22O3Si. The molecule has 1 aromatic rings. The Kier molecular flexibility index (Phi) is 6.68. The van der Waals surface area contributed by atoms with Gasteiger partial charge in [-0.05, 0) is 18.5 Å². The topological polar surface area (TPSA) is 46.5 Å². The predicted octanol–water partition coefficient (Wildman–Crippen LogP) is 2.77. The molecule has 1 N–H and O–H groups in total. The molecular weight excluding hydrogens is 244 g/mol. The number of carboxylic acids is 1. The van der Waals surface area contributed by atoms with Crippen molar-refractivity contribution in [2.75, 3.05) is 0 Å². The van der Waals surface area contributed by atoms with Gasteiger partial charge in [0.05, 0.1) is 12.0 Å². The van der Waals surface area contributed by atoms with E-state index in [9.17, 15) is 4.79 Å². The molecule has 1 aromatic carbocycles. The zero-order valence-electron chi connectivity index (χ0n) is 11.1. The number of hydrogen-bond acceptors (Lipinski definition) is 2. The molecule has 0 radical (unpaired) electrons. The van der Waals surface area contributed by atoms with Crippen molar-refractivity contribution in [3.05, 3.63) is 35.9 Å². The van der Waals surface area contributed by atoms with Crippen molar-refractivity contribution < 1.29 is 14.3 Å². The molecule has 2 atom stereocenters. The summed E-state index contributed by atoms with van der Waals surface area (Å²) in [4.78, 5) is 11.1.